The topological polar surface area (TPSA) is 40.6 Å². The molecule has 2 heterocycles. The van der Waals surface area contributed by atoms with Gasteiger partial charge in [0.1, 0.15) is 0 Å². The molecule has 1 saturated heterocycles. The van der Waals surface area contributed by atoms with Gasteiger partial charge in [-0.15, -0.1) is 22.9 Å². The van der Waals surface area contributed by atoms with E-state index in [-0.39, 0.29) is 5.88 Å². The first kappa shape index (κ1) is 14.3. The van der Waals surface area contributed by atoms with Gasteiger partial charge >= 0.3 is 0 Å². The Kier molecular flexibility index (Phi) is 4.66. The molecule has 1 aliphatic rings. The van der Waals surface area contributed by atoms with E-state index in [4.69, 9.17) is 11.6 Å². The number of rotatable bonds is 4. The van der Waals surface area contributed by atoms with Crippen LogP contribution in [-0.4, -0.2) is 50.3 Å². The monoisotopic (exact) mass is 308 g/mol. The number of likely N-dealkylation sites (N-methyl/N-ethyl adjacent to an activating group) is 1. The summed E-state index contributed by atoms with van der Waals surface area (Å²) in [6.07, 6.45) is 0. The van der Waals surface area contributed by atoms with Crippen molar-refractivity contribution in [3.63, 3.8) is 0 Å². The average molecular weight is 309 g/mol. The molecule has 102 valence electrons. The largest absolute Gasteiger partial charge is 0.301 e. The third-order valence-electron chi connectivity index (χ3n) is 3.22. The first-order valence-electron chi connectivity index (χ1n) is 5.94. The summed E-state index contributed by atoms with van der Waals surface area (Å²) in [6, 6.07) is 1.66. The number of sulfonamides is 1. The van der Waals surface area contributed by atoms with Crippen molar-refractivity contribution in [1.29, 1.82) is 0 Å². The van der Waals surface area contributed by atoms with Crippen molar-refractivity contribution in [2.24, 2.45) is 0 Å². The number of nitrogens with zero attached hydrogens (tertiary/aromatic N) is 2. The molecular weight excluding hydrogens is 292 g/mol. The normalized spacial score (nSPS) is 19.2. The lowest BCUT2D eigenvalue weighted by molar-refractivity contribution is 0.196. The van der Waals surface area contributed by atoms with Crippen LogP contribution in [0.4, 0.5) is 0 Å². The highest BCUT2D eigenvalue weighted by molar-refractivity contribution is 7.89. The van der Waals surface area contributed by atoms with E-state index in [1.807, 2.05) is 0 Å². The minimum absolute atomic E-state index is 0.251. The van der Waals surface area contributed by atoms with E-state index in [1.165, 1.54) is 11.3 Å². The summed E-state index contributed by atoms with van der Waals surface area (Å²) >= 11 is 7.18. The Balaban J connectivity index is 2.17. The predicted octanol–water partition coefficient (Wildman–Crippen LogP) is 1.81. The third kappa shape index (κ3) is 2.72. The molecule has 2 rings (SSSR count). The van der Waals surface area contributed by atoms with Crippen LogP contribution in [0.5, 0.6) is 0 Å². The molecule has 4 nitrogen and oxygen atoms in total. The van der Waals surface area contributed by atoms with Gasteiger partial charge in [-0.3, -0.25) is 0 Å². The minimum atomic E-state index is -3.36. The maximum absolute atomic E-state index is 12.5. The molecule has 0 amide bonds. The summed E-state index contributed by atoms with van der Waals surface area (Å²) in [5.74, 6) is 0.251. The van der Waals surface area contributed by atoms with Gasteiger partial charge in [0.05, 0.1) is 10.8 Å². The van der Waals surface area contributed by atoms with E-state index in [1.54, 1.807) is 15.8 Å². The van der Waals surface area contributed by atoms with E-state index in [2.05, 4.69) is 11.8 Å². The van der Waals surface area contributed by atoms with Crippen LogP contribution in [0.3, 0.4) is 0 Å². The van der Waals surface area contributed by atoms with E-state index in [0.29, 0.717) is 18.0 Å². The molecule has 0 unspecified atom stereocenters. The van der Waals surface area contributed by atoms with Crippen LogP contribution < -0.4 is 0 Å². The van der Waals surface area contributed by atoms with Gasteiger partial charge in [-0.2, -0.15) is 4.31 Å². The zero-order valence-electron chi connectivity index (χ0n) is 10.3. The molecular formula is C11H17ClN2O2S2. The van der Waals surface area contributed by atoms with Crippen molar-refractivity contribution < 1.29 is 8.42 Å². The third-order valence-corrected chi connectivity index (χ3v) is 6.68. The van der Waals surface area contributed by atoms with Crippen LogP contribution >= 0.6 is 22.9 Å². The van der Waals surface area contributed by atoms with Gasteiger partial charge in [0, 0.05) is 31.1 Å². The van der Waals surface area contributed by atoms with Gasteiger partial charge < -0.3 is 4.90 Å². The fourth-order valence-electron chi connectivity index (χ4n) is 2.08. The number of halogens is 1. The summed E-state index contributed by atoms with van der Waals surface area (Å²) in [7, 11) is -3.36. The zero-order valence-corrected chi connectivity index (χ0v) is 12.7. The summed E-state index contributed by atoms with van der Waals surface area (Å²) in [4.78, 5) is 3.37. The lowest BCUT2D eigenvalue weighted by Crippen LogP contribution is -2.48. The average Bonchev–Trinajstić information content (AvgIpc) is 2.88. The van der Waals surface area contributed by atoms with Crippen molar-refractivity contribution >= 4 is 33.0 Å². The van der Waals surface area contributed by atoms with Crippen LogP contribution in [0.25, 0.3) is 0 Å². The van der Waals surface area contributed by atoms with Crippen LogP contribution in [0, 0.1) is 0 Å². The Morgan fingerprint density at radius 2 is 2.00 bits per heavy atom. The quantitative estimate of drug-likeness (QED) is 0.797. The SMILES string of the molecule is CCN1CCN(S(=O)(=O)c2ccsc2CCl)CC1. The number of piperazine rings is 1. The van der Waals surface area contributed by atoms with E-state index in [0.717, 1.165) is 24.5 Å². The molecule has 0 saturated carbocycles. The second-order valence-corrected chi connectivity index (χ2v) is 7.35. The molecule has 0 radical (unpaired) electrons. The van der Waals surface area contributed by atoms with Crippen molar-refractivity contribution in [1.82, 2.24) is 9.21 Å². The molecule has 1 fully saturated rings. The highest BCUT2D eigenvalue weighted by Crippen LogP contribution is 2.27. The molecule has 7 heteroatoms. The summed E-state index contributed by atoms with van der Waals surface area (Å²) in [6.45, 7) is 5.79. The summed E-state index contributed by atoms with van der Waals surface area (Å²) < 4.78 is 26.5. The van der Waals surface area contributed by atoms with Gasteiger partial charge in [0.25, 0.3) is 0 Å². The maximum atomic E-state index is 12.5. The van der Waals surface area contributed by atoms with Gasteiger partial charge in [0.15, 0.2) is 0 Å². The lowest BCUT2D eigenvalue weighted by atomic mass is 10.4. The molecule has 0 aliphatic carbocycles. The first-order valence-corrected chi connectivity index (χ1v) is 8.80. The molecule has 0 bridgehead atoms. The van der Waals surface area contributed by atoms with Crippen molar-refractivity contribution in [3.05, 3.63) is 16.3 Å². The maximum Gasteiger partial charge on any atom is 0.244 e. The zero-order chi connectivity index (χ0) is 13.2. The number of thiophene rings is 1. The van der Waals surface area contributed by atoms with E-state index >= 15 is 0 Å². The van der Waals surface area contributed by atoms with E-state index < -0.39 is 10.0 Å². The molecule has 0 aromatic carbocycles. The first-order chi connectivity index (χ1) is 8.59. The van der Waals surface area contributed by atoms with Crippen LogP contribution in [0.1, 0.15) is 11.8 Å². The smallest absolute Gasteiger partial charge is 0.244 e. The second kappa shape index (κ2) is 5.88. The number of hydrogen-bond acceptors (Lipinski definition) is 4. The van der Waals surface area contributed by atoms with Crippen LogP contribution in [0.15, 0.2) is 16.3 Å². The molecule has 18 heavy (non-hydrogen) atoms. The van der Waals surface area contributed by atoms with Gasteiger partial charge in [0.2, 0.25) is 10.0 Å². The number of alkyl halides is 1. The van der Waals surface area contributed by atoms with Crippen molar-refractivity contribution in [2.75, 3.05) is 32.7 Å². The van der Waals surface area contributed by atoms with Gasteiger partial charge in [-0.1, -0.05) is 6.92 Å². The molecule has 0 atom stereocenters. The fourth-order valence-corrected chi connectivity index (χ4v) is 5.18. The highest BCUT2D eigenvalue weighted by atomic mass is 35.5. The Morgan fingerprint density at radius 3 is 2.56 bits per heavy atom. The lowest BCUT2D eigenvalue weighted by Gasteiger charge is -2.33. The highest BCUT2D eigenvalue weighted by Gasteiger charge is 2.30. The van der Waals surface area contributed by atoms with E-state index in [9.17, 15) is 8.42 Å². The minimum Gasteiger partial charge on any atom is -0.301 e. The number of hydrogen-bond donors (Lipinski definition) is 0. The molecule has 1 aromatic heterocycles. The van der Waals surface area contributed by atoms with Gasteiger partial charge in [-0.05, 0) is 18.0 Å². The van der Waals surface area contributed by atoms with Crippen LogP contribution in [0.2, 0.25) is 0 Å². The predicted molar refractivity (Wildman–Crippen MR) is 74.7 cm³/mol. The molecule has 0 spiro atoms. The molecule has 1 aliphatic heterocycles. The Labute approximate surface area is 117 Å². The molecule has 1 aromatic rings. The summed E-state index contributed by atoms with van der Waals surface area (Å²) in [5, 5.41) is 1.78. The van der Waals surface area contributed by atoms with Crippen molar-refractivity contribution in [3.8, 4) is 0 Å². The van der Waals surface area contributed by atoms with Crippen LogP contribution in [-0.2, 0) is 15.9 Å². The molecule has 0 N–H and O–H groups in total. The standard InChI is InChI=1S/C11H17ClN2O2S2/c1-2-13-4-6-14(7-5-13)18(15,16)11-3-8-17-10(11)9-12/h3,8H,2,4-7,9H2,1H3. The fraction of sp³-hybridized carbons (Fsp3) is 0.636. The van der Waals surface area contributed by atoms with Crippen molar-refractivity contribution in [2.45, 2.75) is 17.7 Å². The second-order valence-electron chi connectivity index (χ2n) is 4.18. The Morgan fingerprint density at radius 1 is 1.33 bits per heavy atom. The Bertz CT molecular complexity index is 493. The Hall–Kier alpha value is -0.140. The summed E-state index contributed by atoms with van der Waals surface area (Å²) in [5.41, 5.74) is 0. The van der Waals surface area contributed by atoms with Gasteiger partial charge in [-0.25, -0.2) is 8.42 Å².